The van der Waals surface area contributed by atoms with Gasteiger partial charge in [-0.15, -0.1) is 11.3 Å². The summed E-state index contributed by atoms with van der Waals surface area (Å²) in [6, 6.07) is 5.80. The molecule has 1 saturated heterocycles. The van der Waals surface area contributed by atoms with Gasteiger partial charge < -0.3 is 5.32 Å². The van der Waals surface area contributed by atoms with Crippen molar-refractivity contribution in [2.75, 3.05) is 13.1 Å². The summed E-state index contributed by atoms with van der Waals surface area (Å²) in [6.07, 6.45) is 1.84. The molecule has 2 heterocycles. The van der Waals surface area contributed by atoms with E-state index in [-0.39, 0.29) is 11.9 Å². The maximum absolute atomic E-state index is 12.3. The fourth-order valence-electron chi connectivity index (χ4n) is 2.91. The van der Waals surface area contributed by atoms with Crippen LogP contribution >= 0.6 is 34.5 Å². The molecule has 7 heteroatoms. The molecule has 1 amide bonds. The number of aromatic nitrogens is 1. The summed E-state index contributed by atoms with van der Waals surface area (Å²) in [5, 5.41) is 4.54. The fourth-order valence-corrected chi connectivity index (χ4v) is 4.14. The van der Waals surface area contributed by atoms with Gasteiger partial charge in [0.25, 0.3) is 5.91 Å². The van der Waals surface area contributed by atoms with Gasteiger partial charge in [0.1, 0.15) is 4.88 Å². The van der Waals surface area contributed by atoms with Crippen LogP contribution in [0.4, 0.5) is 0 Å². The van der Waals surface area contributed by atoms with Gasteiger partial charge in [0, 0.05) is 41.3 Å². The highest BCUT2D eigenvalue weighted by atomic mass is 35.5. The highest BCUT2D eigenvalue weighted by Gasteiger charge is 2.23. The largest absolute Gasteiger partial charge is 0.348 e. The van der Waals surface area contributed by atoms with E-state index in [9.17, 15) is 4.79 Å². The zero-order valence-electron chi connectivity index (χ0n) is 13.4. The third kappa shape index (κ3) is 4.09. The van der Waals surface area contributed by atoms with E-state index in [0.29, 0.717) is 14.9 Å². The zero-order valence-corrected chi connectivity index (χ0v) is 15.7. The predicted octanol–water partition coefficient (Wildman–Crippen LogP) is 4.15. The Hall–Kier alpha value is -1.14. The Morgan fingerprint density at radius 3 is 2.58 bits per heavy atom. The lowest BCUT2D eigenvalue weighted by Crippen LogP contribution is -2.44. The van der Waals surface area contributed by atoms with Crippen LogP contribution in [0.25, 0.3) is 0 Å². The van der Waals surface area contributed by atoms with Crippen LogP contribution in [0.3, 0.4) is 0 Å². The van der Waals surface area contributed by atoms with Crippen molar-refractivity contribution in [3.8, 4) is 0 Å². The lowest BCUT2D eigenvalue weighted by molar-refractivity contribution is 0.0912. The van der Waals surface area contributed by atoms with Crippen molar-refractivity contribution in [3.63, 3.8) is 0 Å². The molecule has 0 saturated carbocycles. The Morgan fingerprint density at radius 2 is 2.00 bits per heavy atom. The molecular weight excluding hydrogens is 365 g/mol. The summed E-state index contributed by atoms with van der Waals surface area (Å²) in [6.45, 7) is 4.43. The second kappa shape index (κ2) is 7.83. The molecule has 1 aliphatic heterocycles. The van der Waals surface area contributed by atoms with Gasteiger partial charge >= 0.3 is 0 Å². The quantitative estimate of drug-likeness (QED) is 0.861. The molecule has 1 aromatic heterocycles. The topological polar surface area (TPSA) is 45.2 Å². The summed E-state index contributed by atoms with van der Waals surface area (Å²) in [5.41, 5.74) is 3.48. The average Bonchev–Trinajstić information content (AvgIpc) is 2.99. The smallest absolute Gasteiger partial charge is 0.263 e. The van der Waals surface area contributed by atoms with Crippen molar-refractivity contribution in [2.24, 2.45) is 0 Å². The van der Waals surface area contributed by atoms with Crippen LogP contribution in [-0.2, 0) is 6.54 Å². The molecule has 0 radical (unpaired) electrons. The standard InChI is InChI=1S/C17H19Cl2N3OS/c1-11-16(24-10-20-11)17(23)21-12-5-7-22(8-6-12)9-13-14(18)3-2-4-15(13)19/h2-4,10,12H,5-9H2,1H3,(H,21,23). The molecule has 0 unspecified atom stereocenters. The van der Waals surface area contributed by atoms with Crippen molar-refractivity contribution in [1.29, 1.82) is 0 Å². The molecule has 0 atom stereocenters. The van der Waals surface area contributed by atoms with Crippen LogP contribution < -0.4 is 5.32 Å². The fraction of sp³-hybridized carbons (Fsp3) is 0.412. The molecule has 3 rings (SSSR count). The number of benzene rings is 1. The Labute approximate surface area is 155 Å². The molecule has 0 aliphatic carbocycles. The Balaban J connectivity index is 1.53. The highest BCUT2D eigenvalue weighted by molar-refractivity contribution is 7.11. The molecule has 1 aromatic carbocycles. The number of piperidine rings is 1. The van der Waals surface area contributed by atoms with Crippen molar-refractivity contribution < 1.29 is 4.79 Å². The van der Waals surface area contributed by atoms with E-state index in [1.54, 1.807) is 5.51 Å². The van der Waals surface area contributed by atoms with Crippen molar-refractivity contribution >= 4 is 40.4 Å². The summed E-state index contributed by atoms with van der Waals surface area (Å²) in [7, 11) is 0. The van der Waals surface area contributed by atoms with Crippen LogP contribution in [0.5, 0.6) is 0 Å². The number of nitrogens with one attached hydrogen (secondary N) is 1. The minimum atomic E-state index is -0.0115. The van der Waals surface area contributed by atoms with E-state index < -0.39 is 0 Å². The van der Waals surface area contributed by atoms with E-state index >= 15 is 0 Å². The van der Waals surface area contributed by atoms with Gasteiger partial charge in [0.15, 0.2) is 0 Å². The first kappa shape index (κ1) is 17.7. The van der Waals surface area contributed by atoms with Gasteiger partial charge in [-0.25, -0.2) is 4.98 Å². The monoisotopic (exact) mass is 383 g/mol. The number of hydrogen-bond acceptors (Lipinski definition) is 4. The maximum Gasteiger partial charge on any atom is 0.263 e. The molecule has 4 nitrogen and oxygen atoms in total. The van der Waals surface area contributed by atoms with Gasteiger partial charge in [-0.3, -0.25) is 9.69 Å². The third-order valence-corrected chi connectivity index (χ3v) is 5.95. The average molecular weight is 384 g/mol. The number of rotatable bonds is 4. The summed E-state index contributed by atoms with van der Waals surface area (Å²) < 4.78 is 0. The molecule has 0 spiro atoms. The lowest BCUT2D eigenvalue weighted by atomic mass is 10.0. The second-order valence-corrected chi connectivity index (χ2v) is 7.66. The number of likely N-dealkylation sites (tertiary alicyclic amines) is 1. The predicted molar refractivity (Wildman–Crippen MR) is 99.1 cm³/mol. The third-order valence-electron chi connectivity index (χ3n) is 4.32. The van der Waals surface area contributed by atoms with Gasteiger partial charge in [-0.05, 0) is 31.9 Å². The molecule has 1 aliphatic rings. The van der Waals surface area contributed by atoms with Crippen molar-refractivity contribution in [2.45, 2.75) is 32.4 Å². The van der Waals surface area contributed by atoms with E-state index in [4.69, 9.17) is 23.2 Å². The zero-order chi connectivity index (χ0) is 17.1. The molecule has 1 fully saturated rings. The van der Waals surface area contributed by atoms with E-state index in [1.165, 1.54) is 11.3 Å². The van der Waals surface area contributed by atoms with E-state index in [0.717, 1.165) is 43.7 Å². The first-order valence-electron chi connectivity index (χ1n) is 7.91. The Kier molecular flexibility index (Phi) is 5.76. The van der Waals surface area contributed by atoms with Crippen LogP contribution in [0, 0.1) is 6.92 Å². The van der Waals surface area contributed by atoms with E-state index in [1.807, 2.05) is 25.1 Å². The molecule has 1 N–H and O–H groups in total. The molecule has 128 valence electrons. The SMILES string of the molecule is Cc1ncsc1C(=O)NC1CCN(Cc2c(Cl)cccc2Cl)CC1. The first-order chi connectivity index (χ1) is 11.5. The van der Waals surface area contributed by atoms with Gasteiger partial charge in [0.2, 0.25) is 0 Å². The number of nitrogens with zero attached hydrogens (tertiary/aromatic N) is 2. The van der Waals surface area contributed by atoms with Crippen LogP contribution in [-0.4, -0.2) is 34.9 Å². The summed E-state index contributed by atoms with van der Waals surface area (Å²) in [5.74, 6) is -0.0115. The Morgan fingerprint density at radius 1 is 1.33 bits per heavy atom. The maximum atomic E-state index is 12.3. The lowest BCUT2D eigenvalue weighted by Gasteiger charge is -2.32. The first-order valence-corrected chi connectivity index (χ1v) is 9.54. The minimum Gasteiger partial charge on any atom is -0.348 e. The van der Waals surface area contributed by atoms with Crippen LogP contribution in [0.1, 0.15) is 33.8 Å². The molecule has 0 bridgehead atoms. The number of thiazole rings is 1. The van der Waals surface area contributed by atoms with Crippen molar-refractivity contribution in [3.05, 3.63) is 49.9 Å². The van der Waals surface area contributed by atoms with Gasteiger partial charge in [-0.1, -0.05) is 29.3 Å². The highest BCUT2D eigenvalue weighted by Crippen LogP contribution is 2.27. The molecule has 24 heavy (non-hydrogen) atoms. The van der Waals surface area contributed by atoms with Crippen LogP contribution in [0.2, 0.25) is 10.0 Å². The van der Waals surface area contributed by atoms with Gasteiger partial charge in [0.05, 0.1) is 11.2 Å². The normalized spacial score (nSPS) is 16.3. The Bertz CT molecular complexity index is 706. The number of hydrogen-bond donors (Lipinski definition) is 1. The second-order valence-electron chi connectivity index (χ2n) is 5.99. The van der Waals surface area contributed by atoms with Crippen molar-refractivity contribution in [1.82, 2.24) is 15.2 Å². The molecular formula is C17H19Cl2N3OS. The number of carbonyl (C=O) groups is 1. The number of carbonyl (C=O) groups excluding carboxylic acids is 1. The summed E-state index contributed by atoms with van der Waals surface area (Å²) >= 11 is 13.9. The van der Waals surface area contributed by atoms with E-state index in [2.05, 4.69) is 15.2 Å². The number of aryl methyl sites for hydroxylation is 1. The molecule has 2 aromatic rings. The van der Waals surface area contributed by atoms with Crippen LogP contribution in [0.15, 0.2) is 23.7 Å². The van der Waals surface area contributed by atoms with Gasteiger partial charge in [-0.2, -0.15) is 0 Å². The number of halogens is 2. The minimum absolute atomic E-state index is 0.0115. The summed E-state index contributed by atoms with van der Waals surface area (Å²) in [4.78, 5) is 19.4. The number of amides is 1.